The summed E-state index contributed by atoms with van der Waals surface area (Å²) in [5, 5.41) is 9.66. The Morgan fingerprint density at radius 2 is 2.58 bits per heavy atom. The van der Waals surface area contributed by atoms with Gasteiger partial charge in [-0.1, -0.05) is 0 Å². The second-order valence-electron chi connectivity index (χ2n) is 2.95. The Labute approximate surface area is 75.6 Å². The SMILES string of the molecule is N=C1CCCN1Cc1cscn1. The summed E-state index contributed by atoms with van der Waals surface area (Å²) in [5.74, 6) is 0.767. The van der Waals surface area contributed by atoms with Crippen LogP contribution in [0.2, 0.25) is 0 Å². The van der Waals surface area contributed by atoms with Crippen LogP contribution in [0.25, 0.3) is 0 Å². The molecular formula is C8H11N3S. The molecule has 1 saturated heterocycles. The van der Waals surface area contributed by atoms with Crippen molar-refractivity contribution in [2.45, 2.75) is 19.4 Å². The highest BCUT2D eigenvalue weighted by Crippen LogP contribution is 2.13. The minimum atomic E-state index is 0.767. The largest absolute Gasteiger partial charge is 0.355 e. The highest BCUT2D eigenvalue weighted by Gasteiger charge is 2.16. The predicted molar refractivity (Wildman–Crippen MR) is 49.5 cm³/mol. The predicted octanol–water partition coefficient (Wildman–Crippen LogP) is 1.72. The summed E-state index contributed by atoms with van der Waals surface area (Å²) in [6, 6.07) is 0. The number of likely N-dealkylation sites (tertiary alicyclic amines) is 1. The van der Waals surface area contributed by atoms with Crippen LogP contribution >= 0.6 is 11.3 Å². The van der Waals surface area contributed by atoms with Gasteiger partial charge in [0.05, 0.1) is 23.6 Å². The van der Waals surface area contributed by atoms with Crippen molar-refractivity contribution in [1.82, 2.24) is 9.88 Å². The Balaban J connectivity index is 1.99. The third-order valence-corrected chi connectivity index (χ3v) is 2.69. The molecule has 0 aliphatic carbocycles. The first-order valence-electron chi connectivity index (χ1n) is 4.06. The molecular weight excluding hydrogens is 170 g/mol. The second-order valence-corrected chi connectivity index (χ2v) is 3.67. The molecule has 0 saturated carbocycles. The van der Waals surface area contributed by atoms with E-state index in [9.17, 15) is 0 Å². The molecule has 2 rings (SSSR count). The molecule has 1 aliphatic rings. The Hall–Kier alpha value is -0.900. The number of thiazole rings is 1. The quantitative estimate of drug-likeness (QED) is 0.754. The molecule has 12 heavy (non-hydrogen) atoms. The van der Waals surface area contributed by atoms with E-state index in [1.54, 1.807) is 11.3 Å². The van der Waals surface area contributed by atoms with Crippen molar-refractivity contribution in [2.24, 2.45) is 0 Å². The molecule has 0 amide bonds. The van der Waals surface area contributed by atoms with E-state index in [4.69, 9.17) is 5.41 Å². The van der Waals surface area contributed by atoms with Gasteiger partial charge in [0.1, 0.15) is 0 Å². The molecule has 4 heteroatoms. The first-order valence-corrected chi connectivity index (χ1v) is 5.00. The first kappa shape index (κ1) is 7.73. The third-order valence-electron chi connectivity index (χ3n) is 2.06. The second kappa shape index (κ2) is 3.23. The van der Waals surface area contributed by atoms with Crippen molar-refractivity contribution in [2.75, 3.05) is 6.54 Å². The van der Waals surface area contributed by atoms with Crippen LogP contribution in [0, 0.1) is 5.41 Å². The zero-order valence-corrected chi connectivity index (χ0v) is 7.60. The van der Waals surface area contributed by atoms with Crippen molar-refractivity contribution in [3.8, 4) is 0 Å². The third kappa shape index (κ3) is 1.48. The highest BCUT2D eigenvalue weighted by atomic mass is 32.1. The van der Waals surface area contributed by atoms with E-state index < -0.39 is 0 Å². The number of hydrogen-bond acceptors (Lipinski definition) is 3. The van der Waals surface area contributed by atoms with E-state index >= 15 is 0 Å². The number of nitrogens with one attached hydrogen (secondary N) is 1. The van der Waals surface area contributed by atoms with Crippen LogP contribution in [0.1, 0.15) is 18.5 Å². The first-order chi connectivity index (χ1) is 5.86. The summed E-state index contributed by atoms with van der Waals surface area (Å²) in [6.07, 6.45) is 2.06. The summed E-state index contributed by atoms with van der Waals surface area (Å²) in [5.41, 5.74) is 2.93. The van der Waals surface area contributed by atoms with Gasteiger partial charge in [0, 0.05) is 18.3 Å². The summed E-state index contributed by atoms with van der Waals surface area (Å²) >= 11 is 1.62. The summed E-state index contributed by atoms with van der Waals surface area (Å²) in [7, 11) is 0. The molecule has 0 radical (unpaired) electrons. The van der Waals surface area contributed by atoms with Crippen LogP contribution in [0.5, 0.6) is 0 Å². The molecule has 1 aliphatic heterocycles. The van der Waals surface area contributed by atoms with Crippen LogP contribution in [0.4, 0.5) is 0 Å². The maximum Gasteiger partial charge on any atom is 0.0961 e. The average molecular weight is 181 g/mol. The van der Waals surface area contributed by atoms with Gasteiger partial charge < -0.3 is 4.90 Å². The average Bonchev–Trinajstić information content (AvgIpc) is 2.65. The molecule has 0 atom stereocenters. The fourth-order valence-corrected chi connectivity index (χ4v) is 1.97. The fourth-order valence-electron chi connectivity index (χ4n) is 1.42. The van der Waals surface area contributed by atoms with Gasteiger partial charge in [0.15, 0.2) is 0 Å². The van der Waals surface area contributed by atoms with E-state index in [0.717, 1.165) is 37.5 Å². The maximum absolute atomic E-state index is 7.61. The lowest BCUT2D eigenvalue weighted by atomic mass is 10.4. The van der Waals surface area contributed by atoms with Crippen molar-refractivity contribution < 1.29 is 0 Å². The zero-order chi connectivity index (χ0) is 8.39. The van der Waals surface area contributed by atoms with Crippen molar-refractivity contribution in [3.05, 3.63) is 16.6 Å². The number of aromatic nitrogens is 1. The highest BCUT2D eigenvalue weighted by molar-refractivity contribution is 7.07. The standard InChI is InChI=1S/C8H11N3S/c9-8-2-1-3-11(8)4-7-5-12-6-10-7/h5-6,9H,1-4H2. The van der Waals surface area contributed by atoms with Crippen LogP contribution in [-0.4, -0.2) is 22.3 Å². The van der Waals surface area contributed by atoms with Gasteiger partial charge in [-0.3, -0.25) is 5.41 Å². The zero-order valence-electron chi connectivity index (χ0n) is 6.79. The topological polar surface area (TPSA) is 40.0 Å². The maximum atomic E-state index is 7.61. The van der Waals surface area contributed by atoms with E-state index in [-0.39, 0.29) is 0 Å². The van der Waals surface area contributed by atoms with Crippen LogP contribution in [0.3, 0.4) is 0 Å². The molecule has 1 fully saturated rings. The van der Waals surface area contributed by atoms with Gasteiger partial charge >= 0.3 is 0 Å². The minimum Gasteiger partial charge on any atom is -0.355 e. The molecule has 1 aromatic heterocycles. The van der Waals surface area contributed by atoms with Crippen molar-refractivity contribution in [3.63, 3.8) is 0 Å². The lowest BCUT2D eigenvalue weighted by molar-refractivity contribution is 0.441. The summed E-state index contributed by atoms with van der Waals surface area (Å²) in [4.78, 5) is 6.29. The molecule has 2 heterocycles. The molecule has 0 spiro atoms. The van der Waals surface area contributed by atoms with Crippen LogP contribution in [-0.2, 0) is 6.54 Å². The lowest BCUT2D eigenvalue weighted by Gasteiger charge is -2.15. The van der Waals surface area contributed by atoms with E-state index in [0.29, 0.717) is 0 Å². The smallest absolute Gasteiger partial charge is 0.0961 e. The van der Waals surface area contributed by atoms with E-state index in [2.05, 4.69) is 9.88 Å². The van der Waals surface area contributed by atoms with Gasteiger partial charge in [-0.05, 0) is 6.42 Å². The molecule has 1 N–H and O–H groups in total. The Morgan fingerprint density at radius 1 is 1.67 bits per heavy atom. The van der Waals surface area contributed by atoms with Gasteiger partial charge in [0.25, 0.3) is 0 Å². The normalized spacial score (nSPS) is 17.3. The summed E-state index contributed by atoms with van der Waals surface area (Å²) < 4.78 is 0. The van der Waals surface area contributed by atoms with Gasteiger partial charge in [-0.15, -0.1) is 11.3 Å². The molecule has 0 aromatic carbocycles. The Bertz CT molecular complexity index is 268. The van der Waals surface area contributed by atoms with Crippen LogP contribution < -0.4 is 0 Å². The fraction of sp³-hybridized carbons (Fsp3) is 0.500. The number of amidine groups is 1. The molecule has 1 aromatic rings. The monoisotopic (exact) mass is 181 g/mol. The molecule has 0 unspecified atom stereocenters. The van der Waals surface area contributed by atoms with Gasteiger partial charge in [-0.2, -0.15) is 0 Å². The molecule has 0 bridgehead atoms. The summed E-state index contributed by atoms with van der Waals surface area (Å²) in [6.45, 7) is 1.85. The van der Waals surface area contributed by atoms with Gasteiger partial charge in [-0.25, -0.2) is 4.98 Å². The van der Waals surface area contributed by atoms with Crippen molar-refractivity contribution >= 4 is 17.2 Å². The van der Waals surface area contributed by atoms with E-state index in [1.807, 2.05) is 10.9 Å². The number of rotatable bonds is 2. The Kier molecular flexibility index (Phi) is 2.08. The van der Waals surface area contributed by atoms with Gasteiger partial charge in [0.2, 0.25) is 0 Å². The molecule has 64 valence electrons. The molecule has 3 nitrogen and oxygen atoms in total. The Morgan fingerprint density at radius 3 is 3.17 bits per heavy atom. The number of nitrogens with zero attached hydrogens (tertiary/aromatic N) is 2. The minimum absolute atomic E-state index is 0.767. The van der Waals surface area contributed by atoms with Crippen molar-refractivity contribution in [1.29, 1.82) is 5.41 Å². The van der Waals surface area contributed by atoms with Crippen LogP contribution in [0.15, 0.2) is 10.9 Å². The lowest BCUT2D eigenvalue weighted by Crippen LogP contribution is -2.23. The van der Waals surface area contributed by atoms with E-state index in [1.165, 1.54) is 0 Å². The number of hydrogen-bond donors (Lipinski definition) is 1.